The Morgan fingerprint density at radius 2 is 1.82 bits per heavy atom. The highest BCUT2D eigenvalue weighted by Crippen LogP contribution is 2.21. The van der Waals surface area contributed by atoms with Crippen molar-refractivity contribution in [2.75, 3.05) is 7.11 Å². The Hall–Kier alpha value is -3.08. The third-order valence-electron chi connectivity index (χ3n) is 3.57. The van der Waals surface area contributed by atoms with Gasteiger partial charge in [0.25, 0.3) is 0 Å². The molecule has 5 nitrogen and oxygen atoms in total. The van der Waals surface area contributed by atoms with Gasteiger partial charge < -0.3 is 9.72 Å². The average Bonchev–Trinajstić information content (AvgIpc) is 3.21. The smallest absolute Gasteiger partial charge is 0.229 e. The fourth-order valence-electron chi connectivity index (χ4n) is 2.41. The molecule has 0 bridgehead atoms. The van der Waals surface area contributed by atoms with E-state index >= 15 is 0 Å². The van der Waals surface area contributed by atoms with E-state index in [1.807, 2.05) is 60.8 Å². The molecular formula is C17H14N4O. The van der Waals surface area contributed by atoms with Crippen LogP contribution in [0.15, 0.2) is 60.8 Å². The number of nitrogens with zero attached hydrogens (tertiary/aromatic N) is 3. The van der Waals surface area contributed by atoms with Gasteiger partial charge in [-0.2, -0.15) is 5.10 Å². The molecule has 0 aliphatic heterocycles. The number of nitrogens with one attached hydrogen (secondary N) is 1. The first-order chi connectivity index (χ1) is 10.8. The van der Waals surface area contributed by atoms with Crippen molar-refractivity contribution in [1.82, 2.24) is 19.7 Å². The van der Waals surface area contributed by atoms with E-state index in [2.05, 4.69) is 15.1 Å². The first-order valence-electron chi connectivity index (χ1n) is 6.99. The molecule has 108 valence electrons. The van der Waals surface area contributed by atoms with Gasteiger partial charge in [-0.25, -0.2) is 9.67 Å². The van der Waals surface area contributed by atoms with Crippen molar-refractivity contribution in [1.29, 1.82) is 0 Å². The number of fused-ring (bicyclic) bond motifs is 1. The molecule has 2 aromatic heterocycles. The van der Waals surface area contributed by atoms with E-state index in [0.717, 1.165) is 28.0 Å². The minimum absolute atomic E-state index is 0.709. The summed E-state index contributed by atoms with van der Waals surface area (Å²) in [5.74, 6) is 1.54. The maximum atomic E-state index is 5.17. The fourth-order valence-corrected chi connectivity index (χ4v) is 2.41. The Morgan fingerprint density at radius 3 is 2.59 bits per heavy atom. The highest BCUT2D eigenvalue weighted by molar-refractivity contribution is 5.76. The lowest BCUT2D eigenvalue weighted by Gasteiger charge is -2.00. The molecule has 0 saturated heterocycles. The number of benzene rings is 2. The molecule has 0 radical (unpaired) electrons. The van der Waals surface area contributed by atoms with E-state index in [1.165, 1.54) is 0 Å². The molecule has 0 spiro atoms. The van der Waals surface area contributed by atoms with Gasteiger partial charge >= 0.3 is 0 Å². The molecular weight excluding hydrogens is 276 g/mol. The van der Waals surface area contributed by atoms with Gasteiger partial charge in [-0.1, -0.05) is 12.1 Å². The molecule has 0 saturated carbocycles. The summed E-state index contributed by atoms with van der Waals surface area (Å²) in [6, 6.07) is 17.7. The number of imidazole rings is 1. The summed E-state index contributed by atoms with van der Waals surface area (Å²) < 4.78 is 6.92. The molecule has 1 N–H and O–H groups in total. The summed E-state index contributed by atoms with van der Waals surface area (Å²) >= 11 is 0. The minimum Gasteiger partial charge on any atom is -0.497 e. The van der Waals surface area contributed by atoms with Crippen LogP contribution in [0.2, 0.25) is 0 Å². The molecule has 0 aliphatic carbocycles. The highest BCUT2D eigenvalue weighted by Gasteiger charge is 2.07. The topological polar surface area (TPSA) is 55.7 Å². The Labute approximate surface area is 127 Å². The van der Waals surface area contributed by atoms with Crippen LogP contribution in [0.25, 0.3) is 28.2 Å². The molecule has 4 rings (SSSR count). The lowest BCUT2D eigenvalue weighted by atomic mass is 10.1. The number of rotatable bonds is 3. The van der Waals surface area contributed by atoms with Crippen molar-refractivity contribution in [3.8, 4) is 23.0 Å². The zero-order valence-corrected chi connectivity index (χ0v) is 12.0. The van der Waals surface area contributed by atoms with Crippen LogP contribution in [0, 0.1) is 0 Å². The highest BCUT2D eigenvalue weighted by atomic mass is 16.5. The number of H-pyrrole nitrogens is 1. The number of aromatic amines is 1. The van der Waals surface area contributed by atoms with E-state index in [4.69, 9.17) is 4.74 Å². The molecule has 0 unspecified atom stereocenters. The quantitative estimate of drug-likeness (QED) is 0.629. The van der Waals surface area contributed by atoms with Crippen LogP contribution < -0.4 is 4.74 Å². The summed E-state index contributed by atoms with van der Waals surface area (Å²) in [6.45, 7) is 0. The summed E-state index contributed by atoms with van der Waals surface area (Å²) in [4.78, 5) is 7.81. The van der Waals surface area contributed by atoms with E-state index in [-0.39, 0.29) is 0 Å². The van der Waals surface area contributed by atoms with Gasteiger partial charge in [-0.15, -0.1) is 0 Å². The molecule has 0 amide bonds. The van der Waals surface area contributed by atoms with Crippen molar-refractivity contribution >= 4 is 11.0 Å². The van der Waals surface area contributed by atoms with Crippen LogP contribution in [0.1, 0.15) is 0 Å². The maximum absolute atomic E-state index is 5.17. The third-order valence-corrected chi connectivity index (χ3v) is 3.57. The Balaban J connectivity index is 1.70. The molecule has 0 atom stereocenters. The number of hydrogen-bond donors (Lipinski definition) is 1. The lowest BCUT2D eigenvalue weighted by Crippen LogP contribution is -1.97. The van der Waals surface area contributed by atoms with E-state index in [1.54, 1.807) is 11.8 Å². The van der Waals surface area contributed by atoms with E-state index < -0.39 is 0 Å². The third kappa shape index (κ3) is 2.13. The summed E-state index contributed by atoms with van der Waals surface area (Å²) in [7, 11) is 1.66. The van der Waals surface area contributed by atoms with Crippen molar-refractivity contribution in [2.24, 2.45) is 0 Å². The lowest BCUT2D eigenvalue weighted by molar-refractivity contribution is 0.415. The van der Waals surface area contributed by atoms with Crippen LogP contribution in [-0.2, 0) is 0 Å². The fraction of sp³-hybridized carbons (Fsp3) is 0.0588. The monoisotopic (exact) mass is 290 g/mol. The number of ether oxygens (including phenoxy) is 1. The van der Waals surface area contributed by atoms with Gasteiger partial charge in [0.1, 0.15) is 5.75 Å². The Kier molecular flexibility index (Phi) is 2.89. The van der Waals surface area contributed by atoms with Crippen molar-refractivity contribution < 1.29 is 4.74 Å². The predicted molar refractivity (Wildman–Crippen MR) is 85.2 cm³/mol. The Morgan fingerprint density at radius 1 is 1.00 bits per heavy atom. The van der Waals surface area contributed by atoms with Gasteiger partial charge in [0.15, 0.2) is 0 Å². The molecule has 2 aromatic carbocycles. The minimum atomic E-state index is 0.709. The molecule has 0 aliphatic rings. The van der Waals surface area contributed by atoms with Gasteiger partial charge in [-0.3, -0.25) is 0 Å². The van der Waals surface area contributed by atoms with Crippen molar-refractivity contribution in [3.05, 3.63) is 60.8 Å². The standard InChI is InChI=1S/C17H14N4O/c1-22-13-8-6-12(7-9-13)14-10-11-21(20-14)17-18-15-4-2-3-5-16(15)19-17/h2-11H,1H3,(H,18,19). The molecule has 2 heterocycles. The zero-order valence-electron chi connectivity index (χ0n) is 12.0. The van der Waals surface area contributed by atoms with Crippen molar-refractivity contribution in [3.63, 3.8) is 0 Å². The van der Waals surface area contributed by atoms with Crippen LogP contribution in [0.3, 0.4) is 0 Å². The number of hydrogen-bond acceptors (Lipinski definition) is 3. The number of para-hydroxylation sites is 2. The van der Waals surface area contributed by atoms with Gasteiger partial charge in [0.05, 0.1) is 23.8 Å². The van der Waals surface area contributed by atoms with Crippen molar-refractivity contribution in [2.45, 2.75) is 0 Å². The number of aromatic nitrogens is 4. The SMILES string of the molecule is COc1ccc(-c2ccn(-c3nc4ccccc4[nH]3)n2)cc1. The van der Waals surface area contributed by atoms with Gasteiger partial charge in [-0.05, 0) is 42.5 Å². The van der Waals surface area contributed by atoms with Gasteiger partial charge in [0, 0.05) is 11.8 Å². The first kappa shape index (κ1) is 12.6. The van der Waals surface area contributed by atoms with Crippen LogP contribution in [0.4, 0.5) is 0 Å². The second kappa shape index (κ2) is 5.04. The zero-order chi connectivity index (χ0) is 14.9. The average molecular weight is 290 g/mol. The van der Waals surface area contributed by atoms with Crippen LogP contribution >= 0.6 is 0 Å². The maximum Gasteiger partial charge on any atom is 0.229 e. The van der Waals surface area contributed by atoms with Gasteiger partial charge in [0.2, 0.25) is 5.95 Å². The Bertz CT molecular complexity index is 888. The second-order valence-electron chi connectivity index (χ2n) is 4.95. The summed E-state index contributed by atoms with van der Waals surface area (Å²) in [5.41, 5.74) is 3.86. The second-order valence-corrected chi connectivity index (χ2v) is 4.95. The largest absolute Gasteiger partial charge is 0.497 e. The number of methoxy groups -OCH3 is 1. The van der Waals surface area contributed by atoms with E-state index in [0.29, 0.717) is 5.95 Å². The predicted octanol–water partition coefficient (Wildman–Crippen LogP) is 3.42. The van der Waals surface area contributed by atoms with Crippen LogP contribution in [0.5, 0.6) is 5.75 Å². The molecule has 4 aromatic rings. The normalized spacial score (nSPS) is 11.0. The summed E-state index contributed by atoms with van der Waals surface area (Å²) in [6.07, 6.45) is 1.90. The molecule has 5 heteroatoms. The summed E-state index contributed by atoms with van der Waals surface area (Å²) in [5, 5.41) is 4.58. The molecule has 0 fully saturated rings. The van der Waals surface area contributed by atoms with Crippen LogP contribution in [-0.4, -0.2) is 26.9 Å². The van der Waals surface area contributed by atoms with E-state index in [9.17, 15) is 0 Å². The molecule has 22 heavy (non-hydrogen) atoms. The first-order valence-corrected chi connectivity index (χ1v) is 6.99.